The van der Waals surface area contributed by atoms with E-state index in [1.165, 1.54) is 12.1 Å². The van der Waals surface area contributed by atoms with Crippen LogP contribution < -0.4 is 0 Å². The molecule has 0 aliphatic carbocycles. The third-order valence-electron chi connectivity index (χ3n) is 2.28. The summed E-state index contributed by atoms with van der Waals surface area (Å²) in [5.74, 6) is -0.689. The van der Waals surface area contributed by atoms with Gasteiger partial charge in [0.2, 0.25) is 0 Å². The predicted octanol–water partition coefficient (Wildman–Crippen LogP) is 3.01. The maximum atomic E-state index is 13.1. The summed E-state index contributed by atoms with van der Waals surface area (Å²) in [7, 11) is 0. The average molecular weight is 216 g/mol. The van der Waals surface area contributed by atoms with Crippen LogP contribution in [-0.4, -0.2) is 11.4 Å². The van der Waals surface area contributed by atoms with Gasteiger partial charge in [0, 0.05) is 11.6 Å². The zero-order chi connectivity index (χ0) is 11.5. The third kappa shape index (κ3) is 1.93. The molecular weight excluding hydrogens is 207 g/mol. The van der Waals surface area contributed by atoms with Gasteiger partial charge in [0.25, 0.3) is 0 Å². The fourth-order valence-corrected chi connectivity index (χ4v) is 1.59. The second kappa shape index (κ2) is 4.14. The van der Waals surface area contributed by atoms with Crippen LogP contribution in [0.4, 0.5) is 4.39 Å². The molecule has 0 unspecified atom stereocenters. The number of halogens is 1. The second-order valence-electron chi connectivity index (χ2n) is 3.40. The normalized spacial score (nSPS) is 10.1. The van der Waals surface area contributed by atoms with Crippen molar-refractivity contribution < 1.29 is 14.3 Å². The summed E-state index contributed by atoms with van der Waals surface area (Å²) < 4.78 is 13.1. The Morgan fingerprint density at radius 1 is 1.12 bits per heavy atom. The van der Waals surface area contributed by atoms with Crippen LogP contribution in [0.2, 0.25) is 0 Å². The highest BCUT2D eigenvalue weighted by molar-refractivity contribution is 5.87. The zero-order valence-corrected chi connectivity index (χ0v) is 8.35. The molecule has 0 aliphatic heterocycles. The standard InChI is InChI=1S/C13H9FO2/c14-11-5-10(6-12(16)7-11)13-4-2-1-3-9(13)8-15/h1-8,16H. The van der Waals surface area contributed by atoms with Gasteiger partial charge in [0.05, 0.1) is 0 Å². The molecule has 0 atom stereocenters. The molecular formula is C13H9FO2. The van der Waals surface area contributed by atoms with Crippen LogP contribution in [0.1, 0.15) is 10.4 Å². The van der Waals surface area contributed by atoms with E-state index in [-0.39, 0.29) is 5.75 Å². The molecule has 2 nitrogen and oxygen atoms in total. The molecule has 16 heavy (non-hydrogen) atoms. The lowest BCUT2D eigenvalue weighted by atomic mass is 10.0. The van der Waals surface area contributed by atoms with Gasteiger partial charge in [-0.3, -0.25) is 4.79 Å². The Hall–Kier alpha value is -2.16. The number of phenols is 1. The summed E-state index contributed by atoms with van der Waals surface area (Å²) in [6.07, 6.45) is 0.706. The first-order chi connectivity index (χ1) is 7.70. The molecule has 2 aromatic carbocycles. The van der Waals surface area contributed by atoms with E-state index in [1.807, 2.05) is 0 Å². The molecule has 0 aromatic heterocycles. The fourth-order valence-electron chi connectivity index (χ4n) is 1.59. The van der Waals surface area contributed by atoms with Crippen molar-refractivity contribution in [3.8, 4) is 16.9 Å². The van der Waals surface area contributed by atoms with Crippen molar-refractivity contribution in [3.05, 3.63) is 53.8 Å². The van der Waals surface area contributed by atoms with E-state index in [0.29, 0.717) is 23.0 Å². The lowest BCUT2D eigenvalue weighted by Gasteiger charge is -2.05. The van der Waals surface area contributed by atoms with Crippen LogP contribution in [-0.2, 0) is 0 Å². The average Bonchev–Trinajstić information content (AvgIpc) is 2.27. The lowest BCUT2D eigenvalue weighted by molar-refractivity contribution is 0.112. The maximum absolute atomic E-state index is 13.1. The van der Waals surface area contributed by atoms with Crippen LogP contribution in [0.5, 0.6) is 5.75 Å². The summed E-state index contributed by atoms with van der Waals surface area (Å²) >= 11 is 0. The maximum Gasteiger partial charge on any atom is 0.150 e. The number of benzene rings is 2. The molecule has 0 aliphatic rings. The van der Waals surface area contributed by atoms with E-state index < -0.39 is 5.82 Å². The smallest absolute Gasteiger partial charge is 0.150 e. The number of hydrogen-bond acceptors (Lipinski definition) is 2. The monoisotopic (exact) mass is 216 g/mol. The van der Waals surface area contributed by atoms with Crippen molar-refractivity contribution >= 4 is 6.29 Å². The van der Waals surface area contributed by atoms with Crippen molar-refractivity contribution in [2.24, 2.45) is 0 Å². The number of rotatable bonds is 2. The number of carbonyl (C=O) groups excluding carboxylic acids is 1. The molecule has 0 saturated carbocycles. The lowest BCUT2D eigenvalue weighted by Crippen LogP contribution is -1.87. The molecule has 0 radical (unpaired) electrons. The summed E-state index contributed by atoms with van der Waals surface area (Å²) in [4.78, 5) is 10.8. The Morgan fingerprint density at radius 3 is 2.56 bits per heavy atom. The van der Waals surface area contributed by atoms with Crippen LogP contribution in [0, 0.1) is 5.82 Å². The third-order valence-corrected chi connectivity index (χ3v) is 2.28. The van der Waals surface area contributed by atoms with Crippen molar-refractivity contribution in [2.45, 2.75) is 0 Å². The van der Waals surface area contributed by atoms with Gasteiger partial charge in [-0.15, -0.1) is 0 Å². The Morgan fingerprint density at radius 2 is 1.88 bits per heavy atom. The number of carbonyl (C=O) groups is 1. The molecule has 2 aromatic rings. The van der Waals surface area contributed by atoms with Crippen molar-refractivity contribution in [2.75, 3.05) is 0 Å². The summed E-state index contributed by atoms with van der Waals surface area (Å²) in [5, 5.41) is 9.29. The number of aldehydes is 1. The Bertz CT molecular complexity index is 515. The topological polar surface area (TPSA) is 37.3 Å². The van der Waals surface area contributed by atoms with Gasteiger partial charge in [0.1, 0.15) is 11.6 Å². The van der Waals surface area contributed by atoms with E-state index >= 15 is 0 Å². The highest BCUT2D eigenvalue weighted by Gasteiger charge is 2.06. The number of aromatic hydroxyl groups is 1. The largest absolute Gasteiger partial charge is 0.508 e. The fraction of sp³-hybridized carbons (Fsp3) is 0. The SMILES string of the molecule is O=Cc1ccccc1-c1cc(O)cc(F)c1. The van der Waals surface area contributed by atoms with Crippen LogP contribution >= 0.6 is 0 Å². The number of phenolic OH excluding ortho intramolecular Hbond substituents is 1. The Kier molecular flexibility index (Phi) is 2.68. The molecule has 1 N–H and O–H groups in total. The predicted molar refractivity (Wildman–Crippen MR) is 58.9 cm³/mol. The summed E-state index contributed by atoms with van der Waals surface area (Å²) in [5.41, 5.74) is 1.56. The van der Waals surface area contributed by atoms with E-state index in [2.05, 4.69) is 0 Å². The molecule has 80 valence electrons. The minimum atomic E-state index is -0.532. The number of hydrogen-bond donors (Lipinski definition) is 1. The van der Waals surface area contributed by atoms with Gasteiger partial charge >= 0.3 is 0 Å². The first-order valence-corrected chi connectivity index (χ1v) is 4.75. The van der Waals surface area contributed by atoms with E-state index in [4.69, 9.17) is 0 Å². The Balaban J connectivity index is 2.62. The molecule has 0 saturated heterocycles. The molecule has 0 amide bonds. The van der Waals surface area contributed by atoms with E-state index in [9.17, 15) is 14.3 Å². The first kappa shape index (κ1) is 10.4. The molecule has 0 fully saturated rings. The molecule has 3 heteroatoms. The van der Waals surface area contributed by atoms with Crippen LogP contribution in [0.3, 0.4) is 0 Å². The highest BCUT2D eigenvalue weighted by Crippen LogP contribution is 2.26. The van der Waals surface area contributed by atoms with Gasteiger partial charge in [0.15, 0.2) is 6.29 Å². The molecule has 0 heterocycles. The zero-order valence-electron chi connectivity index (χ0n) is 8.35. The van der Waals surface area contributed by atoms with Gasteiger partial charge < -0.3 is 5.11 Å². The first-order valence-electron chi connectivity index (χ1n) is 4.75. The summed E-state index contributed by atoms with van der Waals surface area (Å²) in [6, 6.07) is 10.6. The van der Waals surface area contributed by atoms with E-state index in [1.54, 1.807) is 24.3 Å². The van der Waals surface area contributed by atoms with Crippen LogP contribution in [0.15, 0.2) is 42.5 Å². The van der Waals surface area contributed by atoms with Gasteiger partial charge in [-0.1, -0.05) is 24.3 Å². The summed E-state index contributed by atoms with van der Waals surface area (Å²) in [6.45, 7) is 0. The molecule has 2 rings (SSSR count). The molecule has 0 bridgehead atoms. The second-order valence-corrected chi connectivity index (χ2v) is 3.40. The van der Waals surface area contributed by atoms with Gasteiger partial charge in [-0.05, 0) is 23.3 Å². The van der Waals surface area contributed by atoms with Crippen LogP contribution in [0.25, 0.3) is 11.1 Å². The minimum absolute atomic E-state index is 0.157. The minimum Gasteiger partial charge on any atom is -0.508 e. The highest BCUT2D eigenvalue weighted by atomic mass is 19.1. The van der Waals surface area contributed by atoms with Crippen molar-refractivity contribution in [1.29, 1.82) is 0 Å². The van der Waals surface area contributed by atoms with Gasteiger partial charge in [-0.25, -0.2) is 4.39 Å². The Labute approximate surface area is 92.0 Å². The van der Waals surface area contributed by atoms with E-state index in [0.717, 1.165) is 6.07 Å². The van der Waals surface area contributed by atoms with Gasteiger partial charge in [-0.2, -0.15) is 0 Å². The van der Waals surface area contributed by atoms with Crippen molar-refractivity contribution in [1.82, 2.24) is 0 Å². The quantitative estimate of drug-likeness (QED) is 0.783. The molecule has 0 spiro atoms. The van der Waals surface area contributed by atoms with Crippen molar-refractivity contribution in [3.63, 3.8) is 0 Å².